The first-order chi connectivity index (χ1) is 10.4. The van der Waals surface area contributed by atoms with Crippen LogP contribution in [0.15, 0.2) is 29.2 Å². The molecule has 1 aromatic carbocycles. The fourth-order valence-corrected chi connectivity index (χ4v) is 3.71. The summed E-state index contributed by atoms with van der Waals surface area (Å²) in [5, 5.41) is 8.45. The predicted octanol–water partition coefficient (Wildman–Crippen LogP) is 2.89. The Balaban J connectivity index is 2.18. The molecule has 0 aliphatic heterocycles. The van der Waals surface area contributed by atoms with E-state index in [4.69, 9.17) is 0 Å². The maximum atomic E-state index is 12.2. The van der Waals surface area contributed by atoms with E-state index >= 15 is 0 Å². The molecular formula is C12H13F2N3O3S2. The molecule has 0 fully saturated rings. The van der Waals surface area contributed by atoms with E-state index in [9.17, 15) is 17.2 Å². The zero-order chi connectivity index (χ0) is 16.2. The van der Waals surface area contributed by atoms with Crippen LogP contribution < -0.4 is 9.46 Å². The van der Waals surface area contributed by atoms with Crippen molar-refractivity contribution in [2.24, 2.45) is 0 Å². The second kappa shape index (κ2) is 6.97. The normalized spacial score (nSPS) is 11.6. The molecule has 6 nitrogen and oxygen atoms in total. The van der Waals surface area contributed by atoms with Gasteiger partial charge in [-0.15, -0.1) is 10.2 Å². The lowest BCUT2D eigenvalue weighted by molar-refractivity contribution is -0.0499. The maximum Gasteiger partial charge on any atom is 0.387 e. The van der Waals surface area contributed by atoms with Gasteiger partial charge in [0.1, 0.15) is 10.8 Å². The molecule has 2 aromatic rings. The molecule has 0 saturated carbocycles. The van der Waals surface area contributed by atoms with Gasteiger partial charge in [0, 0.05) is 12.5 Å². The lowest BCUT2D eigenvalue weighted by Gasteiger charge is -2.08. The number of hydrogen-bond acceptors (Lipinski definition) is 6. The highest BCUT2D eigenvalue weighted by Crippen LogP contribution is 2.23. The summed E-state index contributed by atoms with van der Waals surface area (Å²) in [4.78, 5) is -0.196. The summed E-state index contributed by atoms with van der Waals surface area (Å²) in [6, 6.07) is 4.85. The van der Waals surface area contributed by atoms with Crippen molar-refractivity contribution in [3.8, 4) is 5.75 Å². The van der Waals surface area contributed by atoms with Gasteiger partial charge in [-0.3, -0.25) is 4.72 Å². The van der Waals surface area contributed by atoms with Gasteiger partial charge in [-0.05, 0) is 18.6 Å². The molecule has 2 rings (SSSR count). The first kappa shape index (κ1) is 16.6. The number of aryl methyl sites for hydroxylation is 1. The highest BCUT2D eigenvalue weighted by Gasteiger charge is 2.18. The van der Waals surface area contributed by atoms with Crippen LogP contribution >= 0.6 is 11.3 Å². The summed E-state index contributed by atoms with van der Waals surface area (Å²) in [5.74, 6) is -0.234. The number of nitrogens with one attached hydrogen (secondary N) is 1. The van der Waals surface area contributed by atoms with Crippen molar-refractivity contribution in [3.05, 3.63) is 29.3 Å². The Morgan fingerprint density at radius 2 is 2.14 bits per heavy atom. The predicted molar refractivity (Wildman–Crippen MR) is 77.8 cm³/mol. The first-order valence-corrected chi connectivity index (χ1v) is 8.60. The number of halogens is 2. The van der Waals surface area contributed by atoms with E-state index in [1.165, 1.54) is 18.2 Å². The van der Waals surface area contributed by atoms with Gasteiger partial charge in [0.05, 0.1) is 4.90 Å². The van der Waals surface area contributed by atoms with Crippen molar-refractivity contribution >= 4 is 26.5 Å². The molecule has 0 unspecified atom stereocenters. The van der Waals surface area contributed by atoms with E-state index in [-0.39, 0.29) is 15.8 Å². The van der Waals surface area contributed by atoms with Crippen LogP contribution in [-0.2, 0) is 16.4 Å². The van der Waals surface area contributed by atoms with Gasteiger partial charge < -0.3 is 4.74 Å². The Labute approximate surface area is 130 Å². The third kappa shape index (κ3) is 4.34. The number of hydrogen-bond donors (Lipinski definition) is 1. The lowest BCUT2D eigenvalue weighted by Crippen LogP contribution is -2.13. The zero-order valence-corrected chi connectivity index (χ0v) is 13.1. The molecule has 0 saturated heterocycles. The number of benzene rings is 1. The van der Waals surface area contributed by atoms with Crippen LogP contribution in [0, 0.1) is 0 Å². The van der Waals surface area contributed by atoms with Gasteiger partial charge in [0.2, 0.25) is 5.13 Å². The second-order valence-electron chi connectivity index (χ2n) is 4.21. The molecule has 0 aliphatic rings. The summed E-state index contributed by atoms with van der Waals surface area (Å²) in [6.07, 6.45) is 1.57. The van der Waals surface area contributed by atoms with E-state index in [0.717, 1.165) is 28.8 Å². The van der Waals surface area contributed by atoms with Crippen molar-refractivity contribution in [3.63, 3.8) is 0 Å². The van der Waals surface area contributed by atoms with Crippen molar-refractivity contribution in [1.29, 1.82) is 0 Å². The van der Waals surface area contributed by atoms with Crippen LogP contribution in [0.5, 0.6) is 5.75 Å². The smallest absolute Gasteiger partial charge is 0.387 e. The molecule has 10 heteroatoms. The summed E-state index contributed by atoms with van der Waals surface area (Å²) in [5.41, 5.74) is 0. The minimum atomic E-state index is -3.94. The Kier molecular flexibility index (Phi) is 5.24. The summed E-state index contributed by atoms with van der Waals surface area (Å²) in [6.45, 7) is -1.05. The van der Waals surface area contributed by atoms with Gasteiger partial charge in [-0.2, -0.15) is 8.78 Å². The second-order valence-corrected chi connectivity index (χ2v) is 6.95. The van der Waals surface area contributed by atoms with Crippen LogP contribution in [0.3, 0.4) is 0 Å². The van der Waals surface area contributed by atoms with E-state index in [2.05, 4.69) is 19.7 Å². The lowest BCUT2D eigenvalue weighted by atomic mass is 10.3. The zero-order valence-electron chi connectivity index (χ0n) is 11.5. The number of sulfonamides is 1. The van der Waals surface area contributed by atoms with Crippen LogP contribution in [-0.4, -0.2) is 25.2 Å². The molecule has 0 radical (unpaired) electrons. The first-order valence-electron chi connectivity index (χ1n) is 6.31. The van der Waals surface area contributed by atoms with Crippen molar-refractivity contribution in [2.45, 2.75) is 31.3 Å². The number of ether oxygens (including phenoxy) is 1. The summed E-state index contributed by atoms with van der Waals surface area (Å²) >= 11 is 1.13. The summed E-state index contributed by atoms with van der Waals surface area (Å²) < 4.78 is 55.2. The van der Waals surface area contributed by atoms with E-state index in [1.807, 2.05) is 6.92 Å². The van der Waals surface area contributed by atoms with Crippen molar-refractivity contribution < 1.29 is 21.9 Å². The van der Waals surface area contributed by atoms with Gasteiger partial charge >= 0.3 is 6.61 Å². The van der Waals surface area contributed by atoms with Gasteiger partial charge in [-0.25, -0.2) is 8.42 Å². The third-order valence-corrected chi connectivity index (χ3v) is 4.86. The molecule has 1 aromatic heterocycles. The third-order valence-electron chi connectivity index (χ3n) is 2.49. The fourth-order valence-electron chi connectivity index (χ4n) is 1.60. The van der Waals surface area contributed by atoms with Crippen LogP contribution in [0.2, 0.25) is 0 Å². The Morgan fingerprint density at radius 3 is 2.82 bits per heavy atom. The molecule has 0 spiro atoms. The monoisotopic (exact) mass is 349 g/mol. The van der Waals surface area contributed by atoms with Crippen LogP contribution in [0.25, 0.3) is 0 Å². The van der Waals surface area contributed by atoms with Crippen LogP contribution in [0.4, 0.5) is 13.9 Å². The topological polar surface area (TPSA) is 81.2 Å². The molecule has 0 atom stereocenters. The van der Waals surface area contributed by atoms with E-state index in [0.29, 0.717) is 6.42 Å². The maximum absolute atomic E-state index is 12.2. The van der Waals surface area contributed by atoms with Gasteiger partial charge in [-0.1, -0.05) is 24.3 Å². The average Bonchev–Trinajstić information content (AvgIpc) is 2.85. The number of anilines is 1. The molecule has 120 valence electrons. The number of alkyl halides is 2. The van der Waals surface area contributed by atoms with Crippen molar-refractivity contribution in [2.75, 3.05) is 4.72 Å². The minimum absolute atomic E-state index is 0.128. The Hall–Kier alpha value is -1.81. The van der Waals surface area contributed by atoms with E-state index < -0.39 is 16.6 Å². The molecule has 1 heterocycles. The molecule has 1 N–H and O–H groups in total. The molecule has 0 bridgehead atoms. The molecular weight excluding hydrogens is 336 g/mol. The number of rotatable bonds is 7. The standard InChI is InChI=1S/C12H13F2N3O3S2/c1-2-4-10-15-16-12(21-10)17-22(18,19)9-6-3-5-8(7-9)20-11(13)14/h3,5-7,11H,2,4H2,1H3,(H,16,17). The molecule has 22 heavy (non-hydrogen) atoms. The van der Waals surface area contributed by atoms with Crippen molar-refractivity contribution in [1.82, 2.24) is 10.2 Å². The summed E-state index contributed by atoms with van der Waals surface area (Å²) in [7, 11) is -3.94. The Bertz CT molecular complexity index is 735. The Morgan fingerprint density at radius 1 is 1.36 bits per heavy atom. The van der Waals surface area contributed by atoms with Gasteiger partial charge in [0.15, 0.2) is 0 Å². The largest absolute Gasteiger partial charge is 0.435 e. The highest BCUT2D eigenvalue weighted by atomic mass is 32.2. The van der Waals surface area contributed by atoms with Gasteiger partial charge in [0.25, 0.3) is 10.0 Å². The van der Waals surface area contributed by atoms with Crippen LogP contribution in [0.1, 0.15) is 18.4 Å². The number of nitrogens with zero attached hydrogens (tertiary/aromatic N) is 2. The fraction of sp³-hybridized carbons (Fsp3) is 0.333. The minimum Gasteiger partial charge on any atom is -0.435 e. The average molecular weight is 349 g/mol. The molecule has 0 aliphatic carbocycles. The van der Waals surface area contributed by atoms with E-state index in [1.54, 1.807) is 0 Å². The molecule has 0 amide bonds. The quantitative estimate of drug-likeness (QED) is 0.831. The number of aromatic nitrogens is 2. The SMILES string of the molecule is CCCc1nnc(NS(=O)(=O)c2cccc(OC(F)F)c2)s1. The highest BCUT2D eigenvalue weighted by molar-refractivity contribution is 7.93.